The maximum absolute atomic E-state index is 13.0. The van der Waals surface area contributed by atoms with Gasteiger partial charge in [-0.15, -0.1) is 0 Å². The summed E-state index contributed by atoms with van der Waals surface area (Å²) in [6.45, 7) is 2.88. The number of anilines is 1. The fraction of sp³-hybridized carbons (Fsp3) is 0.179. The van der Waals surface area contributed by atoms with Crippen molar-refractivity contribution in [3.63, 3.8) is 0 Å². The van der Waals surface area contributed by atoms with E-state index in [4.69, 9.17) is 11.6 Å². The maximum Gasteiger partial charge on any atom is 0.270 e. The predicted molar refractivity (Wildman–Crippen MR) is 141 cm³/mol. The normalized spacial score (nSPS) is 14.1. The van der Waals surface area contributed by atoms with Crippen molar-refractivity contribution in [3.8, 4) is 0 Å². The lowest BCUT2D eigenvalue weighted by atomic mass is 10.1. The topological polar surface area (TPSA) is 69.3 Å². The zero-order chi connectivity index (χ0) is 24.2. The molecule has 3 aromatic carbocycles. The number of nitrogens with zero attached hydrogens (tertiary/aromatic N) is 3. The molecule has 35 heavy (non-hydrogen) atoms. The number of allylic oxidation sites excluding steroid dienone is 1. The monoisotopic (exact) mass is 484 g/mol. The molecule has 0 aliphatic carbocycles. The minimum atomic E-state index is -0.176. The van der Waals surface area contributed by atoms with Crippen molar-refractivity contribution >= 4 is 40.3 Å². The SMILES string of the molecule is O=C(c1ccc(C=CCc2nc3ccccc3[nH]c2=O)cc1)N1CCN(c2cccc(Cl)c2)CC1. The summed E-state index contributed by atoms with van der Waals surface area (Å²) in [5.41, 5.74) is 4.52. The Morgan fingerprint density at radius 2 is 1.74 bits per heavy atom. The lowest BCUT2D eigenvalue weighted by Gasteiger charge is -2.36. The number of amides is 1. The molecule has 1 N–H and O–H groups in total. The molecule has 0 saturated carbocycles. The molecule has 5 rings (SSSR count). The number of fused-ring (bicyclic) bond motifs is 1. The van der Waals surface area contributed by atoms with Crippen LogP contribution >= 0.6 is 11.6 Å². The van der Waals surface area contributed by atoms with Crippen molar-refractivity contribution in [3.05, 3.63) is 111 Å². The number of aromatic nitrogens is 2. The third-order valence-electron chi connectivity index (χ3n) is 6.19. The number of para-hydroxylation sites is 2. The van der Waals surface area contributed by atoms with Crippen LogP contribution in [0.5, 0.6) is 0 Å². The van der Waals surface area contributed by atoms with E-state index in [1.165, 1.54) is 0 Å². The van der Waals surface area contributed by atoms with Crippen LogP contribution in [0.25, 0.3) is 17.1 Å². The molecule has 0 unspecified atom stereocenters. The number of benzene rings is 3. The van der Waals surface area contributed by atoms with Gasteiger partial charge in [-0.25, -0.2) is 4.98 Å². The van der Waals surface area contributed by atoms with E-state index in [1.807, 2.05) is 89.8 Å². The lowest BCUT2D eigenvalue weighted by molar-refractivity contribution is 0.0747. The van der Waals surface area contributed by atoms with Gasteiger partial charge in [0, 0.05) is 48.9 Å². The Morgan fingerprint density at radius 3 is 2.51 bits per heavy atom. The molecule has 1 saturated heterocycles. The lowest BCUT2D eigenvalue weighted by Crippen LogP contribution is -2.48. The fourth-order valence-electron chi connectivity index (χ4n) is 4.27. The zero-order valence-electron chi connectivity index (χ0n) is 19.2. The summed E-state index contributed by atoms with van der Waals surface area (Å²) in [7, 11) is 0. The van der Waals surface area contributed by atoms with Crippen molar-refractivity contribution in [2.24, 2.45) is 0 Å². The highest BCUT2D eigenvalue weighted by atomic mass is 35.5. The highest BCUT2D eigenvalue weighted by Gasteiger charge is 2.22. The molecule has 1 aliphatic heterocycles. The number of carbonyl (C=O) groups is 1. The van der Waals surface area contributed by atoms with Gasteiger partial charge in [0.05, 0.1) is 11.0 Å². The summed E-state index contributed by atoms with van der Waals surface area (Å²) < 4.78 is 0. The first kappa shape index (κ1) is 22.9. The molecule has 7 heteroatoms. The van der Waals surface area contributed by atoms with E-state index in [0.29, 0.717) is 30.8 Å². The van der Waals surface area contributed by atoms with Crippen LogP contribution in [0.3, 0.4) is 0 Å². The van der Waals surface area contributed by atoms with Gasteiger partial charge in [0.1, 0.15) is 5.69 Å². The first-order valence-corrected chi connectivity index (χ1v) is 12.0. The average molecular weight is 485 g/mol. The summed E-state index contributed by atoms with van der Waals surface area (Å²) in [6.07, 6.45) is 4.28. The molecular formula is C28H25ClN4O2. The van der Waals surface area contributed by atoms with Gasteiger partial charge in [0.2, 0.25) is 0 Å². The van der Waals surface area contributed by atoms with Crippen LogP contribution in [-0.2, 0) is 6.42 Å². The van der Waals surface area contributed by atoms with Crippen LogP contribution in [-0.4, -0.2) is 47.0 Å². The molecule has 0 radical (unpaired) electrons. The van der Waals surface area contributed by atoms with Crippen molar-refractivity contribution in [2.45, 2.75) is 6.42 Å². The minimum Gasteiger partial charge on any atom is -0.368 e. The highest BCUT2D eigenvalue weighted by molar-refractivity contribution is 6.30. The Morgan fingerprint density at radius 1 is 0.971 bits per heavy atom. The molecule has 4 aromatic rings. The Kier molecular flexibility index (Phi) is 6.64. The van der Waals surface area contributed by atoms with Gasteiger partial charge in [-0.05, 0) is 48.0 Å². The second-order valence-corrected chi connectivity index (χ2v) is 8.95. The number of nitrogens with one attached hydrogen (secondary N) is 1. The van der Waals surface area contributed by atoms with Crippen LogP contribution in [0.15, 0.2) is 83.7 Å². The van der Waals surface area contributed by atoms with Crippen LogP contribution in [0, 0.1) is 0 Å². The molecule has 0 spiro atoms. The third-order valence-corrected chi connectivity index (χ3v) is 6.42. The largest absolute Gasteiger partial charge is 0.368 e. The minimum absolute atomic E-state index is 0.0400. The Balaban J connectivity index is 1.18. The van der Waals surface area contributed by atoms with Crippen LogP contribution in [0.2, 0.25) is 5.02 Å². The summed E-state index contributed by atoms with van der Waals surface area (Å²) in [5.74, 6) is 0.0400. The number of rotatable bonds is 5. The fourth-order valence-corrected chi connectivity index (χ4v) is 4.46. The molecular weight excluding hydrogens is 460 g/mol. The van der Waals surface area contributed by atoms with E-state index >= 15 is 0 Å². The van der Waals surface area contributed by atoms with E-state index in [-0.39, 0.29) is 11.5 Å². The van der Waals surface area contributed by atoms with Gasteiger partial charge in [0.15, 0.2) is 0 Å². The molecule has 0 bridgehead atoms. The van der Waals surface area contributed by atoms with Crippen molar-refractivity contribution in [1.82, 2.24) is 14.9 Å². The number of carbonyl (C=O) groups excluding carboxylic acids is 1. The Labute approximate surface area is 208 Å². The number of hydrogen-bond acceptors (Lipinski definition) is 4. The van der Waals surface area contributed by atoms with Gasteiger partial charge >= 0.3 is 0 Å². The van der Waals surface area contributed by atoms with E-state index in [1.54, 1.807) is 0 Å². The predicted octanol–water partition coefficient (Wildman–Crippen LogP) is 4.79. The second kappa shape index (κ2) is 10.2. The average Bonchev–Trinajstić information content (AvgIpc) is 2.89. The zero-order valence-corrected chi connectivity index (χ0v) is 19.9. The first-order chi connectivity index (χ1) is 17.1. The molecule has 176 valence electrons. The smallest absolute Gasteiger partial charge is 0.270 e. The van der Waals surface area contributed by atoms with E-state index in [2.05, 4.69) is 14.9 Å². The van der Waals surface area contributed by atoms with Crippen LogP contribution < -0.4 is 10.5 Å². The quantitative estimate of drug-likeness (QED) is 0.442. The number of piperazine rings is 1. The molecule has 1 aliphatic rings. The highest BCUT2D eigenvalue weighted by Crippen LogP contribution is 2.21. The standard InChI is InChI=1S/C28H25ClN4O2/c29-22-6-4-7-23(19-22)32-15-17-33(18-16-32)28(35)21-13-11-20(12-14-21)5-3-10-26-27(34)31-25-9-2-1-8-24(25)30-26/h1-9,11-14,19H,10,15-18H2,(H,31,34). The third kappa shape index (κ3) is 5.28. The van der Waals surface area contributed by atoms with Crippen LogP contribution in [0.4, 0.5) is 5.69 Å². The van der Waals surface area contributed by atoms with Crippen LogP contribution in [0.1, 0.15) is 21.6 Å². The number of halogens is 1. The number of hydrogen-bond donors (Lipinski definition) is 1. The van der Waals surface area contributed by atoms with Gasteiger partial charge in [-0.3, -0.25) is 9.59 Å². The van der Waals surface area contributed by atoms with Gasteiger partial charge in [0.25, 0.3) is 11.5 Å². The summed E-state index contributed by atoms with van der Waals surface area (Å²) in [4.78, 5) is 36.7. The second-order valence-electron chi connectivity index (χ2n) is 8.52. The van der Waals surface area contributed by atoms with E-state index in [9.17, 15) is 9.59 Å². The van der Waals surface area contributed by atoms with Gasteiger partial charge in [-0.2, -0.15) is 0 Å². The molecule has 1 fully saturated rings. The maximum atomic E-state index is 13.0. The van der Waals surface area contributed by atoms with Crippen molar-refractivity contribution in [1.29, 1.82) is 0 Å². The van der Waals surface area contributed by atoms with Crippen molar-refractivity contribution < 1.29 is 4.79 Å². The Bertz CT molecular complexity index is 1440. The first-order valence-electron chi connectivity index (χ1n) is 11.6. The van der Waals surface area contributed by atoms with Gasteiger partial charge in [-0.1, -0.05) is 54.1 Å². The molecule has 1 amide bonds. The number of H-pyrrole nitrogens is 1. The summed E-state index contributed by atoms with van der Waals surface area (Å²) >= 11 is 6.11. The molecule has 1 aromatic heterocycles. The molecule has 6 nitrogen and oxygen atoms in total. The molecule has 0 atom stereocenters. The van der Waals surface area contributed by atoms with E-state index in [0.717, 1.165) is 40.4 Å². The molecule has 2 heterocycles. The summed E-state index contributed by atoms with van der Waals surface area (Å²) in [6, 6.07) is 22.8. The summed E-state index contributed by atoms with van der Waals surface area (Å²) in [5, 5.41) is 0.718. The van der Waals surface area contributed by atoms with Crippen molar-refractivity contribution in [2.75, 3.05) is 31.1 Å². The Hall–Kier alpha value is -3.90. The van der Waals surface area contributed by atoms with E-state index < -0.39 is 0 Å². The number of aromatic amines is 1. The van der Waals surface area contributed by atoms with Gasteiger partial charge < -0.3 is 14.8 Å².